The van der Waals surface area contributed by atoms with E-state index in [2.05, 4.69) is 10.6 Å². The first-order valence-corrected chi connectivity index (χ1v) is 9.04. The number of carbonyl (C=O) groups excluding carboxylic acids is 2. The number of methoxy groups -OCH3 is 2. The van der Waals surface area contributed by atoms with Crippen LogP contribution in [0.4, 0.5) is 5.00 Å². The zero-order valence-corrected chi connectivity index (χ0v) is 16.5. The van der Waals surface area contributed by atoms with Crippen molar-refractivity contribution in [1.82, 2.24) is 5.32 Å². The van der Waals surface area contributed by atoms with Gasteiger partial charge in [-0.3, -0.25) is 0 Å². The number of thiocarbonyl (C=S) groups is 1. The molecule has 1 heterocycles. The summed E-state index contributed by atoms with van der Waals surface area (Å²) < 4.78 is 9.60. The lowest BCUT2D eigenvalue weighted by Crippen LogP contribution is -2.31. The van der Waals surface area contributed by atoms with Crippen LogP contribution in [0.5, 0.6) is 0 Å². The summed E-state index contributed by atoms with van der Waals surface area (Å²) in [5.41, 5.74) is 1.84. The molecule has 0 amide bonds. The molecule has 1 atom stereocenters. The van der Waals surface area contributed by atoms with Crippen molar-refractivity contribution in [3.05, 3.63) is 51.9 Å². The fourth-order valence-corrected chi connectivity index (χ4v) is 3.86. The van der Waals surface area contributed by atoms with Gasteiger partial charge in [0.25, 0.3) is 0 Å². The first-order chi connectivity index (χ1) is 12.4. The van der Waals surface area contributed by atoms with E-state index in [0.717, 1.165) is 16.9 Å². The van der Waals surface area contributed by atoms with E-state index in [1.807, 2.05) is 37.3 Å². The number of carbonyl (C=O) groups is 2. The summed E-state index contributed by atoms with van der Waals surface area (Å²) in [7, 11) is 2.58. The maximum Gasteiger partial charge on any atom is 0.348 e. The van der Waals surface area contributed by atoms with Crippen molar-refractivity contribution < 1.29 is 19.1 Å². The third-order valence-corrected chi connectivity index (χ3v) is 5.19. The minimum absolute atomic E-state index is 0.0288. The van der Waals surface area contributed by atoms with Crippen molar-refractivity contribution in [1.29, 1.82) is 0 Å². The number of anilines is 1. The second-order valence-corrected chi connectivity index (χ2v) is 6.90. The van der Waals surface area contributed by atoms with E-state index in [4.69, 9.17) is 21.7 Å². The van der Waals surface area contributed by atoms with Gasteiger partial charge >= 0.3 is 11.9 Å². The molecule has 0 aliphatic heterocycles. The molecule has 2 rings (SSSR count). The molecule has 2 N–H and O–H groups in total. The maximum absolute atomic E-state index is 12.1. The van der Waals surface area contributed by atoms with Crippen LogP contribution in [0.25, 0.3) is 0 Å². The Kier molecular flexibility index (Phi) is 6.70. The SMILES string of the molecule is COC(=O)c1sc(NC(=S)N[C@H](C)c2ccccc2)c(C(=O)OC)c1C. The van der Waals surface area contributed by atoms with Gasteiger partial charge in [-0.1, -0.05) is 30.3 Å². The van der Waals surface area contributed by atoms with Crippen LogP contribution in [0, 0.1) is 6.92 Å². The molecule has 1 aromatic heterocycles. The number of nitrogens with one attached hydrogen (secondary N) is 2. The number of thiophene rings is 1. The zero-order chi connectivity index (χ0) is 19.3. The molecule has 0 spiro atoms. The van der Waals surface area contributed by atoms with Gasteiger partial charge in [0.15, 0.2) is 5.11 Å². The van der Waals surface area contributed by atoms with E-state index >= 15 is 0 Å². The molecule has 1 aromatic carbocycles. The van der Waals surface area contributed by atoms with Crippen LogP contribution in [0.1, 0.15) is 44.1 Å². The Bertz CT molecular complexity index is 818. The number of esters is 2. The Balaban J connectivity index is 2.23. The Hall–Kier alpha value is -2.45. The zero-order valence-electron chi connectivity index (χ0n) is 14.9. The summed E-state index contributed by atoms with van der Waals surface area (Å²) in [4.78, 5) is 24.4. The molecule has 0 radical (unpaired) electrons. The molecule has 0 aliphatic rings. The van der Waals surface area contributed by atoms with E-state index < -0.39 is 11.9 Å². The number of rotatable bonds is 5. The number of ether oxygens (including phenoxy) is 2. The first kappa shape index (κ1) is 19.9. The summed E-state index contributed by atoms with van der Waals surface area (Å²) in [5, 5.41) is 6.93. The largest absolute Gasteiger partial charge is 0.465 e. The smallest absolute Gasteiger partial charge is 0.348 e. The molecule has 0 bridgehead atoms. The number of hydrogen-bond acceptors (Lipinski definition) is 6. The average molecular weight is 393 g/mol. The van der Waals surface area contributed by atoms with Gasteiger partial charge in [-0.05, 0) is 37.2 Å². The van der Waals surface area contributed by atoms with Crippen molar-refractivity contribution in [2.24, 2.45) is 0 Å². The highest BCUT2D eigenvalue weighted by atomic mass is 32.1. The van der Waals surface area contributed by atoms with Crippen LogP contribution in [-0.4, -0.2) is 31.3 Å². The van der Waals surface area contributed by atoms with Crippen LogP contribution in [0.3, 0.4) is 0 Å². The summed E-state index contributed by atoms with van der Waals surface area (Å²) in [5.74, 6) is -1.06. The Labute approximate surface area is 161 Å². The molecule has 2 aromatic rings. The molecule has 8 heteroatoms. The minimum atomic E-state index is -0.546. The highest BCUT2D eigenvalue weighted by Crippen LogP contribution is 2.34. The van der Waals surface area contributed by atoms with E-state index in [1.54, 1.807) is 6.92 Å². The van der Waals surface area contributed by atoms with Crippen molar-refractivity contribution in [3.8, 4) is 0 Å². The average Bonchev–Trinajstić information content (AvgIpc) is 2.96. The van der Waals surface area contributed by atoms with Crippen molar-refractivity contribution in [2.45, 2.75) is 19.9 Å². The van der Waals surface area contributed by atoms with Gasteiger partial charge in [0.05, 0.1) is 25.8 Å². The molecule has 0 unspecified atom stereocenters. The number of hydrogen-bond donors (Lipinski definition) is 2. The molecule has 0 aliphatic carbocycles. The molecular weight excluding hydrogens is 372 g/mol. The van der Waals surface area contributed by atoms with Gasteiger partial charge in [-0.2, -0.15) is 0 Å². The summed E-state index contributed by atoms with van der Waals surface area (Å²) >= 11 is 6.46. The Morgan fingerprint density at radius 2 is 1.73 bits per heavy atom. The minimum Gasteiger partial charge on any atom is -0.465 e. The molecule has 6 nitrogen and oxygen atoms in total. The van der Waals surface area contributed by atoms with E-state index in [-0.39, 0.29) is 11.6 Å². The lowest BCUT2D eigenvalue weighted by molar-refractivity contribution is 0.0601. The quantitative estimate of drug-likeness (QED) is 0.594. The lowest BCUT2D eigenvalue weighted by Gasteiger charge is -2.17. The monoisotopic (exact) mass is 392 g/mol. The second-order valence-electron chi connectivity index (χ2n) is 5.47. The molecule has 138 valence electrons. The lowest BCUT2D eigenvalue weighted by atomic mass is 10.1. The normalized spacial score (nSPS) is 11.4. The number of benzene rings is 1. The molecule has 0 saturated carbocycles. The highest BCUT2D eigenvalue weighted by molar-refractivity contribution is 7.80. The van der Waals surface area contributed by atoms with Crippen LogP contribution < -0.4 is 10.6 Å². The standard InChI is InChI=1S/C18H20N2O4S2/c1-10-13(16(21)23-3)15(26-14(10)17(22)24-4)20-18(25)19-11(2)12-8-6-5-7-9-12/h5-9,11H,1-4H3,(H2,19,20,25)/t11-/m1/s1. The van der Waals surface area contributed by atoms with Gasteiger partial charge in [-0.25, -0.2) is 9.59 Å². The maximum atomic E-state index is 12.1. The molecule has 26 heavy (non-hydrogen) atoms. The predicted molar refractivity (Wildman–Crippen MR) is 106 cm³/mol. The van der Waals surface area contributed by atoms with Crippen LogP contribution >= 0.6 is 23.6 Å². The molecule has 0 fully saturated rings. The Morgan fingerprint density at radius 3 is 2.31 bits per heavy atom. The van der Waals surface area contributed by atoms with Gasteiger partial charge in [0.1, 0.15) is 9.88 Å². The van der Waals surface area contributed by atoms with Crippen LogP contribution in [-0.2, 0) is 9.47 Å². The van der Waals surface area contributed by atoms with E-state index in [0.29, 0.717) is 20.6 Å². The fraction of sp³-hybridized carbons (Fsp3) is 0.278. The van der Waals surface area contributed by atoms with Crippen molar-refractivity contribution >= 4 is 45.6 Å². The fourth-order valence-electron chi connectivity index (χ4n) is 2.40. The van der Waals surface area contributed by atoms with Crippen LogP contribution in [0.2, 0.25) is 0 Å². The van der Waals surface area contributed by atoms with E-state index in [1.165, 1.54) is 14.2 Å². The molecule has 0 saturated heterocycles. The van der Waals surface area contributed by atoms with Crippen LogP contribution in [0.15, 0.2) is 30.3 Å². The summed E-state index contributed by atoms with van der Waals surface area (Å²) in [6.45, 7) is 3.65. The third kappa shape index (κ3) is 4.39. The van der Waals surface area contributed by atoms with Gasteiger partial charge in [0.2, 0.25) is 0 Å². The van der Waals surface area contributed by atoms with Crippen molar-refractivity contribution in [3.63, 3.8) is 0 Å². The second kappa shape index (κ2) is 8.77. The summed E-state index contributed by atoms with van der Waals surface area (Å²) in [6.07, 6.45) is 0. The first-order valence-electron chi connectivity index (χ1n) is 7.81. The van der Waals surface area contributed by atoms with Gasteiger partial charge in [0, 0.05) is 0 Å². The molecular formula is C18H20N2O4S2. The third-order valence-electron chi connectivity index (χ3n) is 3.78. The van der Waals surface area contributed by atoms with Gasteiger partial charge < -0.3 is 20.1 Å². The highest BCUT2D eigenvalue weighted by Gasteiger charge is 2.26. The van der Waals surface area contributed by atoms with E-state index in [9.17, 15) is 9.59 Å². The Morgan fingerprint density at radius 1 is 1.12 bits per heavy atom. The van der Waals surface area contributed by atoms with Crippen molar-refractivity contribution in [2.75, 3.05) is 19.5 Å². The van der Waals surface area contributed by atoms with Gasteiger partial charge in [-0.15, -0.1) is 11.3 Å². The predicted octanol–water partition coefficient (Wildman–Crippen LogP) is 3.68. The topological polar surface area (TPSA) is 76.7 Å². The summed E-state index contributed by atoms with van der Waals surface area (Å²) in [6, 6.07) is 9.79.